The third kappa shape index (κ3) is 1.47. The van der Waals surface area contributed by atoms with E-state index in [9.17, 15) is 9.59 Å². The van der Waals surface area contributed by atoms with E-state index in [4.69, 9.17) is 4.74 Å². The molecular weight excluding hydrogens is 232 g/mol. The fourth-order valence-electron chi connectivity index (χ4n) is 2.39. The fourth-order valence-corrected chi connectivity index (χ4v) is 2.39. The summed E-state index contributed by atoms with van der Waals surface area (Å²) in [5.41, 5.74) is -0.0544. The summed E-state index contributed by atoms with van der Waals surface area (Å²) in [6, 6.07) is 5.24. The minimum atomic E-state index is -0.328. The largest absolute Gasteiger partial charge is 0.496 e. The molecule has 5 nitrogen and oxygen atoms in total. The highest BCUT2D eigenvalue weighted by molar-refractivity contribution is 5.83. The van der Waals surface area contributed by atoms with Crippen molar-refractivity contribution in [2.45, 2.75) is 25.3 Å². The average molecular weight is 246 g/mol. The smallest absolute Gasteiger partial charge is 0.329 e. The summed E-state index contributed by atoms with van der Waals surface area (Å²) in [4.78, 5) is 27.1. The Hall–Kier alpha value is -2.04. The molecule has 1 aromatic heterocycles. The van der Waals surface area contributed by atoms with Crippen LogP contribution in [0.2, 0.25) is 0 Å². The van der Waals surface area contributed by atoms with E-state index >= 15 is 0 Å². The number of nitrogens with one attached hydrogen (secondary N) is 1. The molecule has 1 N–H and O–H groups in total. The van der Waals surface area contributed by atoms with Crippen molar-refractivity contribution in [3.63, 3.8) is 0 Å². The zero-order chi connectivity index (χ0) is 12.7. The molecule has 0 unspecified atom stereocenters. The quantitative estimate of drug-likeness (QED) is 0.871. The molecule has 0 aliphatic heterocycles. The maximum atomic E-state index is 12.4. The van der Waals surface area contributed by atoms with Crippen LogP contribution in [-0.2, 0) is 0 Å². The van der Waals surface area contributed by atoms with E-state index in [-0.39, 0.29) is 17.3 Å². The van der Waals surface area contributed by atoms with Crippen LogP contribution in [0.4, 0.5) is 0 Å². The number of nitrogens with zero attached hydrogens (tertiary/aromatic N) is 1. The second kappa shape index (κ2) is 4.01. The Bertz CT molecular complexity index is 710. The van der Waals surface area contributed by atoms with Gasteiger partial charge >= 0.3 is 5.69 Å². The van der Waals surface area contributed by atoms with E-state index in [1.165, 1.54) is 11.7 Å². The molecule has 2 aromatic rings. The summed E-state index contributed by atoms with van der Waals surface area (Å²) < 4.78 is 6.53. The first kappa shape index (κ1) is 11.1. The van der Waals surface area contributed by atoms with Gasteiger partial charge in [-0.25, -0.2) is 4.79 Å². The van der Waals surface area contributed by atoms with Crippen molar-refractivity contribution in [3.05, 3.63) is 39.0 Å². The molecule has 1 aliphatic rings. The van der Waals surface area contributed by atoms with Gasteiger partial charge in [-0.2, -0.15) is 0 Å². The van der Waals surface area contributed by atoms with E-state index in [0.29, 0.717) is 16.7 Å². The summed E-state index contributed by atoms with van der Waals surface area (Å²) in [5, 5.41) is 0.450. The molecule has 0 bridgehead atoms. The van der Waals surface area contributed by atoms with Gasteiger partial charge in [-0.3, -0.25) is 9.36 Å². The molecule has 0 radical (unpaired) electrons. The zero-order valence-corrected chi connectivity index (χ0v) is 10.1. The number of benzene rings is 1. The number of fused-ring (bicyclic) bond motifs is 1. The maximum Gasteiger partial charge on any atom is 0.329 e. The second-order valence-electron chi connectivity index (χ2n) is 4.57. The van der Waals surface area contributed by atoms with Crippen LogP contribution >= 0.6 is 0 Å². The molecule has 0 atom stereocenters. The number of aromatic amines is 1. The molecule has 94 valence electrons. The van der Waals surface area contributed by atoms with Crippen LogP contribution in [0.3, 0.4) is 0 Å². The SMILES string of the molecule is COc1cccc2[nH]c(=O)n(C3CCC3)c(=O)c12. The number of methoxy groups -OCH3 is 1. The number of H-pyrrole nitrogens is 1. The Morgan fingerprint density at radius 2 is 2.11 bits per heavy atom. The lowest BCUT2D eigenvalue weighted by atomic mass is 9.93. The van der Waals surface area contributed by atoms with Gasteiger partial charge in [0, 0.05) is 6.04 Å². The second-order valence-corrected chi connectivity index (χ2v) is 4.57. The molecule has 0 amide bonds. The third-order valence-electron chi connectivity index (χ3n) is 3.58. The van der Waals surface area contributed by atoms with Crippen molar-refractivity contribution in [2.24, 2.45) is 0 Å². The highest BCUT2D eigenvalue weighted by Gasteiger charge is 2.24. The van der Waals surface area contributed by atoms with Gasteiger partial charge in [-0.15, -0.1) is 0 Å². The number of rotatable bonds is 2. The zero-order valence-electron chi connectivity index (χ0n) is 10.1. The first-order valence-electron chi connectivity index (χ1n) is 6.04. The lowest BCUT2D eigenvalue weighted by Gasteiger charge is -2.26. The van der Waals surface area contributed by atoms with Crippen molar-refractivity contribution in [2.75, 3.05) is 7.11 Å². The topological polar surface area (TPSA) is 64.1 Å². The predicted molar refractivity (Wildman–Crippen MR) is 68.3 cm³/mol. The summed E-state index contributed by atoms with van der Waals surface area (Å²) in [6.07, 6.45) is 2.85. The van der Waals surface area contributed by atoms with Gasteiger partial charge in [0.15, 0.2) is 0 Å². The Labute approximate surface area is 103 Å². The van der Waals surface area contributed by atoms with Crippen LogP contribution in [0.15, 0.2) is 27.8 Å². The number of hydrogen-bond donors (Lipinski definition) is 1. The minimum Gasteiger partial charge on any atom is -0.496 e. The van der Waals surface area contributed by atoms with Crippen LogP contribution < -0.4 is 16.0 Å². The van der Waals surface area contributed by atoms with E-state index in [1.807, 2.05) is 0 Å². The lowest BCUT2D eigenvalue weighted by Crippen LogP contribution is -2.40. The third-order valence-corrected chi connectivity index (χ3v) is 3.58. The van der Waals surface area contributed by atoms with Crippen LogP contribution in [0.5, 0.6) is 5.75 Å². The maximum absolute atomic E-state index is 12.4. The van der Waals surface area contributed by atoms with Crippen molar-refractivity contribution in [3.8, 4) is 5.75 Å². The first-order valence-corrected chi connectivity index (χ1v) is 6.04. The van der Waals surface area contributed by atoms with E-state index in [2.05, 4.69) is 4.98 Å². The fraction of sp³-hybridized carbons (Fsp3) is 0.385. The van der Waals surface area contributed by atoms with Gasteiger partial charge in [0.05, 0.1) is 12.6 Å². The Balaban J connectivity index is 2.38. The molecule has 1 aromatic carbocycles. The van der Waals surface area contributed by atoms with Gasteiger partial charge in [-0.1, -0.05) is 6.07 Å². The molecule has 1 aliphatic carbocycles. The van der Waals surface area contributed by atoms with E-state index in [0.717, 1.165) is 19.3 Å². The molecule has 1 heterocycles. The van der Waals surface area contributed by atoms with Crippen LogP contribution in [0.25, 0.3) is 10.9 Å². The molecule has 0 spiro atoms. The van der Waals surface area contributed by atoms with Gasteiger partial charge in [0.2, 0.25) is 0 Å². The summed E-state index contributed by atoms with van der Waals surface area (Å²) >= 11 is 0. The van der Waals surface area contributed by atoms with Gasteiger partial charge in [-0.05, 0) is 31.4 Å². The standard InChI is InChI=1S/C13H14N2O3/c1-18-10-7-3-6-9-11(10)12(16)15(13(17)14-9)8-4-2-5-8/h3,6-8H,2,4-5H2,1H3,(H,14,17). The molecule has 3 rings (SSSR count). The van der Waals surface area contributed by atoms with E-state index in [1.54, 1.807) is 18.2 Å². The van der Waals surface area contributed by atoms with Gasteiger partial charge < -0.3 is 9.72 Å². The number of hydrogen-bond acceptors (Lipinski definition) is 3. The highest BCUT2D eigenvalue weighted by atomic mass is 16.5. The monoisotopic (exact) mass is 246 g/mol. The van der Waals surface area contributed by atoms with Gasteiger partial charge in [0.25, 0.3) is 5.56 Å². The summed E-state index contributed by atoms with van der Waals surface area (Å²) in [7, 11) is 1.52. The normalized spacial score (nSPS) is 15.6. The molecule has 5 heteroatoms. The lowest BCUT2D eigenvalue weighted by molar-refractivity contribution is 0.298. The minimum absolute atomic E-state index is 0.0376. The Morgan fingerprint density at radius 3 is 2.72 bits per heavy atom. The molecule has 1 fully saturated rings. The Morgan fingerprint density at radius 1 is 1.33 bits per heavy atom. The van der Waals surface area contributed by atoms with Crippen LogP contribution in [0.1, 0.15) is 25.3 Å². The molecule has 18 heavy (non-hydrogen) atoms. The van der Waals surface area contributed by atoms with Crippen molar-refractivity contribution in [1.29, 1.82) is 0 Å². The average Bonchev–Trinajstić information content (AvgIpc) is 2.31. The van der Waals surface area contributed by atoms with Crippen molar-refractivity contribution in [1.82, 2.24) is 9.55 Å². The Kier molecular flexibility index (Phi) is 2.47. The highest BCUT2D eigenvalue weighted by Crippen LogP contribution is 2.29. The van der Waals surface area contributed by atoms with Crippen molar-refractivity contribution < 1.29 is 4.74 Å². The molecular formula is C13H14N2O3. The van der Waals surface area contributed by atoms with Crippen LogP contribution in [-0.4, -0.2) is 16.7 Å². The van der Waals surface area contributed by atoms with E-state index < -0.39 is 0 Å². The predicted octanol–water partition coefficient (Wildman–Crippen LogP) is 1.42. The van der Waals surface area contributed by atoms with Crippen LogP contribution in [0, 0.1) is 0 Å². The first-order chi connectivity index (χ1) is 8.72. The summed E-state index contributed by atoms with van der Waals surface area (Å²) in [6.45, 7) is 0. The van der Waals surface area contributed by atoms with Crippen molar-refractivity contribution >= 4 is 10.9 Å². The number of ether oxygens (including phenoxy) is 1. The van der Waals surface area contributed by atoms with Gasteiger partial charge in [0.1, 0.15) is 11.1 Å². The molecule has 1 saturated carbocycles. The number of aromatic nitrogens is 2. The summed E-state index contributed by atoms with van der Waals surface area (Å²) in [5.74, 6) is 0.502. The molecule has 0 saturated heterocycles.